The van der Waals surface area contributed by atoms with Gasteiger partial charge in [0, 0.05) is 15.6 Å². The smallest absolute Gasteiger partial charge is 0.180 e. The Morgan fingerprint density at radius 1 is 1.38 bits per heavy atom. The lowest BCUT2D eigenvalue weighted by molar-refractivity contribution is 0.415. The molecule has 3 heteroatoms. The summed E-state index contributed by atoms with van der Waals surface area (Å²) in [4.78, 5) is 0. The Morgan fingerprint density at radius 2 is 2.15 bits per heavy atom. The van der Waals surface area contributed by atoms with Gasteiger partial charge in [-0.15, -0.1) is 11.3 Å². The van der Waals surface area contributed by atoms with Crippen molar-refractivity contribution in [2.45, 2.75) is 6.92 Å². The van der Waals surface area contributed by atoms with E-state index in [4.69, 9.17) is 4.74 Å². The normalized spacial score (nSPS) is 10.7. The lowest BCUT2D eigenvalue weighted by Gasteiger charge is -1.98. The highest BCUT2D eigenvalue weighted by atomic mass is 32.1. The molecule has 0 N–H and O–H groups in total. The van der Waals surface area contributed by atoms with Crippen LogP contribution in [0.5, 0.6) is 5.75 Å². The number of ether oxygens (including phenoxy) is 1. The molecular formula is C10H9FOS. The van der Waals surface area contributed by atoms with E-state index in [1.807, 2.05) is 18.2 Å². The summed E-state index contributed by atoms with van der Waals surface area (Å²) < 4.78 is 19.2. The average Bonchev–Trinajstić information content (AvgIpc) is 2.43. The minimum atomic E-state index is -0.108. The van der Waals surface area contributed by atoms with Gasteiger partial charge in [0.1, 0.15) is 5.75 Å². The van der Waals surface area contributed by atoms with Crippen molar-refractivity contribution in [2.75, 3.05) is 7.11 Å². The monoisotopic (exact) mass is 196 g/mol. The van der Waals surface area contributed by atoms with E-state index < -0.39 is 0 Å². The molecule has 1 heterocycles. The van der Waals surface area contributed by atoms with Crippen LogP contribution in [0.15, 0.2) is 18.2 Å². The zero-order chi connectivity index (χ0) is 9.42. The Kier molecular flexibility index (Phi) is 1.96. The first kappa shape index (κ1) is 8.51. The Morgan fingerprint density at radius 3 is 2.85 bits per heavy atom. The minimum absolute atomic E-state index is 0.108. The summed E-state index contributed by atoms with van der Waals surface area (Å²) in [5.74, 6) is 0.772. The fourth-order valence-electron chi connectivity index (χ4n) is 1.30. The van der Waals surface area contributed by atoms with Gasteiger partial charge in [0.2, 0.25) is 0 Å². The van der Waals surface area contributed by atoms with Crippen LogP contribution < -0.4 is 4.74 Å². The fraction of sp³-hybridized carbons (Fsp3) is 0.200. The molecule has 0 spiro atoms. The van der Waals surface area contributed by atoms with Crippen LogP contribution in [0.1, 0.15) is 5.56 Å². The zero-order valence-electron chi connectivity index (χ0n) is 7.43. The summed E-state index contributed by atoms with van der Waals surface area (Å²) >= 11 is 1.18. The molecule has 0 aliphatic carbocycles. The maximum Gasteiger partial charge on any atom is 0.180 e. The van der Waals surface area contributed by atoms with Crippen LogP contribution >= 0.6 is 11.3 Å². The molecule has 0 radical (unpaired) electrons. The van der Waals surface area contributed by atoms with Crippen LogP contribution in [0, 0.1) is 12.1 Å². The topological polar surface area (TPSA) is 9.23 Å². The number of hydrogen-bond acceptors (Lipinski definition) is 2. The van der Waals surface area contributed by atoms with Crippen LogP contribution in [-0.4, -0.2) is 7.11 Å². The van der Waals surface area contributed by atoms with E-state index in [1.54, 1.807) is 14.0 Å². The molecule has 1 aromatic carbocycles. The SMILES string of the molecule is COc1ccc2sc(F)c(C)c2c1. The molecule has 1 nitrogen and oxygen atoms in total. The molecule has 0 aliphatic rings. The summed E-state index contributed by atoms with van der Waals surface area (Å²) in [6, 6.07) is 5.59. The molecule has 13 heavy (non-hydrogen) atoms. The number of hydrogen-bond donors (Lipinski definition) is 0. The highest BCUT2D eigenvalue weighted by molar-refractivity contribution is 7.17. The molecule has 0 aliphatic heterocycles. The molecule has 1 aromatic heterocycles. The van der Waals surface area contributed by atoms with Gasteiger partial charge in [-0.2, -0.15) is 4.39 Å². The second kappa shape index (κ2) is 3.00. The summed E-state index contributed by atoms with van der Waals surface area (Å²) in [6.07, 6.45) is 0. The van der Waals surface area contributed by atoms with Gasteiger partial charge in [-0.05, 0) is 25.1 Å². The standard InChI is InChI=1S/C10H9FOS/c1-6-8-5-7(12-2)3-4-9(8)13-10(6)11/h3-5H,1-2H3. The second-order valence-corrected chi connectivity index (χ2v) is 3.87. The Bertz CT molecular complexity index is 447. The Labute approximate surface area is 79.8 Å². The number of fused-ring (bicyclic) bond motifs is 1. The van der Waals surface area contributed by atoms with Gasteiger partial charge >= 0.3 is 0 Å². The lowest BCUT2D eigenvalue weighted by Crippen LogP contribution is -1.81. The number of thiophene rings is 1. The number of aryl methyl sites for hydroxylation is 1. The highest BCUT2D eigenvalue weighted by Crippen LogP contribution is 2.31. The molecule has 0 unspecified atom stereocenters. The number of methoxy groups -OCH3 is 1. The number of benzene rings is 1. The van der Waals surface area contributed by atoms with Crippen molar-refractivity contribution in [3.63, 3.8) is 0 Å². The third-order valence-electron chi connectivity index (χ3n) is 2.09. The molecule has 0 bridgehead atoms. The van der Waals surface area contributed by atoms with Crippen molar-refractivity contribution in [3.05, 3.63) is 28.9 Å². The summed E-state index contributed by atoms with van der Waals surface area (Å²) in [5, 5.41) is 0.838. The first-order valence-corrected chi connectivity index (χ1v) is 4.76. The van der Waals surface area contributed by atoms with E-state index in [0.717, 1.165) is 15.8 Å². The fourth-order valence-corrected chi connectivity index (χ4v) is 2.21. The van der Waals surface area contributed by atoms with Crippen LogP contribution in [0.4, 0.5) is 4.39 Å². The maximum atomic E-state index is 13.1. The van der Waals surface area contributed by atoms with E-state index in [1.165, 1.54) is 11.3 Å². The molecule has 0 saturated carbocycles. The predicted octanol–water partition coefficient (Wildman–Crippen LogP) is 3.36. The van der Waals surface area contributed by atoms with Gasteiger partial charge in [0.05, 0.1) is 7.11 Å². The van der Waals surface area contributed by atoms with Gasteiger partial charge in [-0.1, -0.05) is 0 Å². The maximum absolute atomic E-state index is 13.1. The molecule has 0 atom stereocenters. The molecule has 2 aromatic rings. The van der Waals surface area contributed by atoms with E-state index >= 15 is 0 Å². The van der Waals surface area contributed by atoms with E-state index in [0.29, 0.717) is 5.56 Å². The second-order valence-electron chi connectivity index (χ2n) is 2.86. The van der Waals surface area contributed by atoms with E-state index in [9.17, 15) is 4.39 Å². The van der Waals surface area contributed by atoms with Crippen molar-refractivity contribution >= 4 is 21.4 Å². The quantitative estimate of drug-likeness (QED) is 0.679. The largest absolute Gasteiger partial charge is 0.497 e. The van der Waals surface area contributed by atoms with Gasteiger partial charge in [-0.25, -0.2) is 0 Å². The van der Waals surface area contributed by atoms with Crippen LogP contribution in [0.2, 0.25) is 0 Å². The summed E-state index contributed by atoms with van der Waals surface area (Å²) in [6.45, 7) is 1.79. The van der Waals surface area contributed by atoms with Crippen molar-refractivity contribution < 1.29 is 9.13 Å². The van der Waals surface area contributed by atoms with Crippen LogP contribution in [0.25, 0.3) is 10.1 Å². The van der Waals surface area contributed by atoms with E-state index in [2.05, 4.69) is 0 Å². The van der Waals surface area contributed by atoms with Gasteiger partial charge < -0.3 is 4.74 Å². The average molecular weight is 196 g/mol. The number of rotatable bonds is 1. The minimum Gasteiger partial charge on any atom is -0.497 e. The first-order chi connectivity index (χ1) is 6.22. The zero-order valence-corrected chi connectivity index (χ0v) is 8.24. The Balaban J connectivity index is 2.75. The number of halogens is 1. The van der Waals surface area contributed by atoms with Gasteiger partial charge in [0.25, 0.3) is 0 Å². The van der Waals surface area contributed by atoms with Crippen molar-refractivity contribution in [2.24, 2.45) is 0 Å². The molecule has 0 amide bonds. The van der Waals surface area contributed by atoms with E-state index in [-0.39, 0.29) is 5.13 Å². The molecule has 0 fully saturated rings. The van der Waals surface area contributed by atoms with Gasteiger partial charge in [0.15, 0.2) is 5.13 Å². The highest BCUT2D eigenvalue weighted by Gasteiger charge is 2.07. The van der Waals surface area contributed by atoms with Crippen molar-refractivity contribution in [3.8, 4) is 5.75 Å². The summed E-state index contributed by atoms with van der Waals surface area (Å²) in [7, 11) is 1.61. The van der Waals surface area contributed by atoms with Crippen molar-refractivity contribution in [1.82, 2.24) is 0 Å². The molecule has 68 valence electrons. The third kappa shape index (κ3) is 1.29. The Hall–Kier alpha value is -1.09. The van der Waals surface area contributed by atoms with Gasteiger partial charge in [-0.3, -0.25) is 0 Å². The van der Waals surface area contributed by atoms with Crippen molar-refractivity contribution in [1.29, 1.82) is 0 Å². The van der Waals surface area contributed by atoms with Crippen LogP contribution in [0.3, 0.4) is 0 Å². The lowest BCUT2D eigenvalue weighted by atomic mass is 10.2. The summed E-state index contributed by atoms with van der Waals surface area (Å²) in [5.41, 5.74) is 0.707. The molecular weight excluding hydrogens is 187 g/mol. The van der Waals surface area contributed by atoms with Crippen LogP contribution in [-0.2, 0) is 0 Å². The predicted molar refractivity (Wildman–Crippen MR) is 53.1 cm³/mol. The molecule has 0 saturated heterocycles. The first-order valence-electron chi connectivity index (χ1n) is 3.95. The molecule has 2 rings (SSSR count). The third-order valence-corrected chi connectivity index (χ3v) is 3.15.